The van der Waals surface area contributed by atoms with Gasteiger partial charge in [0, 0.05) is 18.1 Å². The molecule has 0 unspecified atom stereocenters. The van der Waals surface area contributed by atoms with Crippen LogP contribution >= 0.6 is 34.8 Å². The normalized spacial score (nSPS) is 12.2. The number of carbonyl (C=O) groups is 2. The molecule has 0 bridgehead atoms. The van der Waals surface area contributed by atoms with Crippen LogP contribution < -0.4 is 9.62 Å². The van der Waals surface area contributed by atoms with Crippen molar-refractivity contribution in [1.82, 2.24) is 10.2 Å². The summed E-state index contributed by atoms with van der Waals surface area (Å²) in [6, 6.07) is 8.97. The van der Waals surface area contributed by atoms with Crippen molar-refractivity contribution < 1.29 is 18.0 Å². The Morgan fingerprint density at radius 2 is 1.71 bits per heavy atom. The summed E-state index contributed by atoms with van der Waals surface area (Å²) in [6.45, 7) is 5.40. The lowest BCUT2D eigenvalue weighted by molar-refractivity contribution is -0.140. The monoisotopic (exact) mass is 561 g/mol. The fourth-order valence-corrected chi connectivity index (χ4v) is 4.97. The van der Waals surface area contributed by atoms with Crippen LogP contribution in [0.4, 0.5) is 5.69 Å². The number of hydrogen-bond acceptors (Lipinski definition) is 4. The highest BCUT2D eigenvalue weighted by molar-refractivity contribution is 7.92. The first kappa shape index (κ1) is 29.2. The fraction of sp³-hybridized carbons (Fsp3) is 0.417. The second-order valence-corrected chi connectivity index (χ2v) is 11.3. The van der Waals surface area contributed by atoms with Gasteiger partial charge in [-0.3, -0.25) is 13.9 Å². The van der Waals surface area contributed by atoms with Crippen LogP contribution in [0.5, 0.6) is 0 Å². The number of anilines is 1. The molecule has 192 valence electrons. The van der Waals surface area contributed by atoms with Gasteiger partial charge < -0.3 is 10.2 Å². The summed E-state index contributed by atoms with van der Waals surface area (Å²) in [5.41, 5.74) is 1.47. The van der Waals surface area contributed by atoms with Crippen LogP contribution in [0.15, 0.2) is 36.4 Å². The fourth-order valence-electron chi connectivity index (χ4n) is 3.58. The zero-order valence-corrected chi connectivity index (χ0v) is 23.2. The van der Waals surface area contributed by atoms with Crippen molar-refractivity contribution in [2.75, 3.05) is 23.7 Å². The molecule has 2 amide bonds. The van der Waals surface area contributed by atoms with Crippen LogP contribution in [-0.4, -0.2) is 50.5 Å². The van der Waals surface area contributed by atoms with E-state index in [0.717, 1.165) is 17.0 Å². The van der Waals surface area contributed by atoms with Crippen molar-refractivity contribution >= 4 is 62.3 Å². The second kappa shape index (κ2) is 12.8. The molecule has 2 aromatic carbocycles. The number of benzene rings is 2. The Hall–Kier alpha value is -2.00. The van der Waals surface area contributed by atoms with Gasteiger partial charge in [-0.2, -0.15) is 0 Å². The first-order valence-electron chi connectivity index (χ1n) is 11.1. The minimum Gasteiger partial charge on any atom is -0.354 e. The van der Waals surface area contributed by atoms with Gasteiger partial charge in [0.2, 0.25) is 21.8 Å². The molecule has 2 rings (SSSR count). The molecule has 0 aliphatic rings. The third kappa shape index (κ3) is 7.74. The van der Waals surface area contributed by atoms with Crippen molar-refractivity contribution in [3.63, 3.8) is 0 Å². The Morgan fingerprint density at radius 1 is 1.03 bits per heavy atom. The summed E-state index contributed by atoms with van der Waals surface area (Å²) >= 11 is 18.4. The molecule has 0 saturated carbocycles. The lowest BCUT2D eigenvalue weighted by Crippen LogP contribution is -2.52. The first-order valence-corrected chi connectivity index (χ1v) is 14.1. The van der Waals surface area contributed by atoms with E-state index in [4.69, 9.17) is 34.8 Å². The van der Waals surface area contributed by atoms with Crippen LogP contribution in [0, 0.1) is 6.92 Å². The molecule has 0 spiro atoms. The van der Waals surface area contributed by atoms with Gasteiger partial charge in [-0.05, 0) is 55.2 Å². The highest BCUT2D eigenvalue weighted by atomic mass is 35.5. The quantitative estimate of drug-likeness (QED) is 0.415. The summed E-state index contributed by atoms with van der Waals surface area (Å²) in [7, 11) is -3.85. The molecule has 0 aliphatic heterocycles. The molecule has 11 heteroatoms. The van der Waals surface area contributed by atoms with Crippen molar-refractivity contribution in [3.05, 3.63) is 62.6 Å². The van der Waals surface area contributed by atoms with E-state index in [9.17, 15) is 18.0 Å². The number of nitrogens with zero attached hydrogens (tertiary/aromatic N) is 2. The number of halogens is 3. The van der Waals surface area contributed by atoms with Crippen molar-refractivity contribution in [1.29, 1.82) is 0 Å². The third-order valence-corrected chi connectivity index (χ3v) is 7.73. The molecule has 0 aromatic heterocycles. The highest BCUT2D eigenvalue weighted by Gasteiger charge is 2.32. The van der Waals surface area contributed by atoms with Crippen LogP contribution in [0.25, 0.3) is 0 Å². The molecule has 0 fully saturated rings. The van der Waals surface area contributed by atoms with Crippen molar-refractivity contribution in [2.24, 2.45) is 0 Å². The standard InChI is InChI=1S/C24H30Cl3N3O4S/c1-5-12-28-24(32)21(6-2)29(14-17-10-11-19(26)20(27)13-17)23(31)15-30(35(4,33)34)22-9-7-8-18(25)16(22)3/h7-11,13,21H,5-6,12,14-15H2,1-4H3,(H,28,32)/t21-/m0/s1. The summed E-state index contributed by atoms with van der Waals surface area (Å²) < 4.78 is 26.4. The average molecular weight is 563 g/mol. The van der Waals surface area contributed by atoms with E-state index in [-0.39, 0.29) is 12.5 Å². The van der Waals surface area contributed by atoms with Crippen molar-refractivity contribution in [2.45, 2.75) is 46.2 Å². The summed E-state index contributed by atoms with van der Waals surface area (Å²) in [5.74, 6) is -0.855. The van der Waals surface area contributed by atoms with Gasteiger partial charge >= 0.3 is 0 Å². The second-order valence-electron chi connectivity index (χ2n) is 8.14. The number of hydrogen-bond donors (Lipinski definition) is 1. The minimum atomic E-state index is -3.85. The Kier molecular flexibility index (Phi) is 10.7. The number of sulfonamides is 1. The predicted molar refractivity (Wildman–Crippen MR) is 143 cm³/mol. The molecule has 0 heterocycles. The molecule has 7 nitrogen and oxygen atoms in total. The maximum absolute atomic E-state index is 13.7. The molecule has 1 N–H and O–H groups in total. The van der Waals surface area contributed by atoms with E-state index in [2.05, 4.69) is 5.32 Å². The average Bonchev–Trinajstić information content (AvgIpc) is 2.79. The molecule has 1 atom stereocenters. The van der Waals surface area contributed by atoms with Crippen molar-refractivity contribution in [3.8, 4) is 0 Å². The summed E-state index contributed by atoms with van der Waals surface area (Å²) in [5, 5.41) is 3.88. The predicted octanol–water partition coefficient (Wildman–Crippen LogP) is 5.05. The molecule has 2 aromatic rings. The lowest BCUT2D eigenvalue weighted by atomic mass is 10.1. The minimum absolute atomic E-state index is 0.0416. The van der Waals surface area contributed by atoms with E-state index >= 15 is 0 Å². The molecule has 35 heavy (non-hydrogen) atoms. The number of rotatable bonds is 11. The van der Waals surface area contributed by atoms with Gasteiger partial charge in [0.1, 0.15) is 12.6 Å². The van der Waals surface area contributed by atoms with Gasteiger partial charge in [-0.1, -0.05) is 60.8 Å². The smallest absolute Gasteiger partial charge is 0.244 e. The SMILES string of the molecule is CCCNC(=O)[C@H](CC)N(Cc1ccc(Cl)c(Cl)c1)C(=O)CN(c1cccc(Cl)c1C)S(C)(=O)=O. The van der Waals surface area contributed by atoms with Gasteiger partial charge in [-0.15, -0.1) is 0 Å². The van der Waals surface area contributed by atoms with Gasteiger partial charge in [-0.25, -0.2) is 8.42 Å². The number of carbonyl (C=O) groups excluding carboxylic acids is 2. The zero-order valence-electron chi connectivity index (χ0n) is 20.1. The Labute approximate surface area is 222 Å². The first-order chi connectivity index (χ1) is 16.4. The van der Waals surface area contributed by atoms with E-state index in [1.807, 2.05) is 6.92 Å². The van der Waals surface area contributed by atoms with E-state index in [0.29, 0.717) is 44.8 Å². The molecular formula is C24H30Cl3N3O4S. The number of amides is 2. The topological polar surface area (TPSA) is 86.8 Å². The molecular weight excluding hydrogens is 533 g/mol. The van der Waals surface area contributed by atoms with E-state index < -0.39 is 28.5 Å². The Balaban J connectivity index is 2.49. The summed E-state index contributed by atoms with van der Waals surface area (Å²) in [4.78, 5) is 28.0. The van der Waals surface area contributed by atoms with Crippen LogP contribution in [0.1, 0.15) is 37.8 Å². The zero-order chi connectivity index (χ0) is 26.3. The summed E-state index contributed by atoms with van der Waals surface area (Å²) in [6.07, 6.45) is 2.09. The van der Waals surface area contributed by atoms with Crippen LogP contribution in [-0.2, 0) is 26.2 Å². The number of nitrogens with one attached hydrogen (secondary N) is 1. The molecule has 0 saturated heterocycles. The maximum atomic E-state index is 13.7. The van der Waals surface area contributed by atoms with Crippen LogP contribution in [0.3, 0.4) is 0 Å². The maximum Gasteiger partial charge on any atom is 0.244 e. The van der Waals surface area contributed by atoms with E-state index in [1.165, 1.54) is 4.90 Å². The van der Waals surface area contributed by atoms with Gasteiger partial charge in [0.25, 0.3) is 0 Å². The van der Waals surface area contributed by atoms with Crippen LogP contribution in [0.2, 0.25) is 15.1 Å². The Morgan fingerprint density at radius 3 is 2.29 bits per heavy atom. The highest BCUT2D eigenvalue weighted by Crippen LogP contribution is 2.29. The largest absolute Gasteiger partial charge is 0.354 e. The van der Waals surface area contributed by atoms with Gasteiger partial charge in [0.05, 0.1) is 22.0 Å². The molecule has 0 aliphatic carbocycles. The van der Waals surface area contributed by atoms with E-state index in [1.54, 1.807) is 50.2 Å². The van der Waals surface area contributed by atoms with Gasteiger partial charge in [0.15, 0.2) is 0 Å². The Bertz CT molecular complexity index is 1170. The lowest BCUT2D eigenvalue weighted by Gasteiger charge is -2.33. The molecule has 0 radical (unpaired) electrons. The third-order valence-electron chi connectivity index (χ3n) is 5.46.